The van der Waals surface area contributed by atoms with E-state index in [4.69, 9.17) is 8.39 Å². The summed E-state index contributed by atoms with van der Waals surface area (Å²) < 4.78 is 16.4. The van der Waals surface area contributed by atoms with Crippen molar-refractivity contribution in [1.82, 2.24) is 0 Å². The van der Waals surface area contributed by atoms with Gasteiger partial charge in [-0.2, -0.15) is 4.67 Å². The van der Waals surface area contributed by atoms with Crippen LogP contribution in [0.2, 0.25) is 0 Å². The summed E-state index contributed by atoms with van der Waals surface area (Å²) in [6, 6.07) is 46.8. The summed E-state index contributed by atoms with van der Waals surface area (Å²) in [6.07, 6.45) is 4.28. The molecule has 7 rings (SSSR count). The highest BCUT2D eigenvalue weighted by Gasteiger charge is 2.27. The highest BCUT2D eigenvalue weighted by Crippen LogP contribution is 2.45. The fourth-order valence-corrected chi connectivity index (χ4v) is 7.32. The third-order valence-electron chi connectivity index (χ3n) is 7.65. The molecule has 0 unspecified atom stereocenters. The molecule has 4 heteroatoms. The van der Waals surface area contributed by atoms with Gasteiger partial charge in [0, 0.05) is 17.3 Å². The van der Waals surface area contributed by atoms with Gasteiger partial charge in [0.05, 0.1) is 6.04 Å². The molecule has 0 amide bonds. The third kappa shape index (κ3) is 4.74. The van der Waals surface area contributed by atoms with E-state index < -0.39 is 8.16 Å². The Labute approximate surface area is 240 Å². The minimum atomic E-state index is -1.56. The van der Waals surface area contributed by atoms with Gasteiger partial charge >= 0.3 is 8.16 Å². The molecule has 7 aromatic rings. The van der Waals surface area contributed by atoms with E-state index in [0.717, 1.165) is 32.7 Å². The van der Waals surface area contributed by atoms with Gasteiger partial charge in [-0.3, -0.25) is 0 Å². The molecule has 0 aliphatic heterocycles. The van der Waals surface area contributed by atoms with Crippen LogP contribution in [0.25, 0.3) is 43.5 Å². The van der Waals surface area contributed by atoms with Crippen molar-refractivity contribution in [3.8, 4) is 0 Å². The molecule has 0 saturated heterocycles. The summed E-state index contributed by atoms with van der Waals surface area (Å²) >= 11 is 0. The molecule has 0 radical (unpaired) electrons. The van der Waals surface area contributed by atoms with Crippen LogP contribution in [0.15, 0.2) is 154 Å². The first-order valence-electron chi connectivity index (χ1n) is 14.0. The average Bonchev–Trinajstić information content (AvgIpc) is 3.21. The van der Waals surface area contributed by atoms with Crippen molar-refractivity contribution >= 4 is 51.6 Å². The normalized spacial score (nSPS) is 12.0. The molecule has 0 spiro atoms. The van der Waals surface area contributed by atoms with Crippen LogP contribution in [0.5, 0.6) is 0 Å². The molecule has 6 aromatic carbocycles. The Morgan fingerprint density at radius 2 is 1.05 bits per heavy atom. The van der Waals surface area contributed by atoms with Gasteiger partial charge in [0.2, 0.25) is 0 Å². The number of fused-ring (bicyclic) bond motifs is 7. The average molecular weight is 552 g/mol. The van der Waals surface area contributed by atoms with Crippen molar-refractivity contribution in [3.63, 3.8) is 0 Å². The monoisotopic (exact) mass is 551 g/mol. The second-order valence-corrected chi connectivity index (χ2v) is 11.5. The molecule has 0 atom stereocenters. The summed E-state index contributed by atoms with van der Waals surface area (Å²) in [7, 11) is -1.56. The molecule has 0 fully saturated rings. The van der Waals surface area contributed by atoms with Crippen LogP contribution >= 0.6 is 8.16 Å². The third-order valence-corrected chi connectivity index (χ3v) is 9.17. The van der Waals surface area contributed by atoms with Crippen LogP contribution in [-0.2, 0) is 0 Å². The molecule has 0 N–H and O–H groups in total. The summed E-state index contributed by atoms with van der Waals surface area (Å²) in [6.45, 7) is 2.73. The first kappa shape index (κ1) is 25.4. The maximum absolute atomic E-state index is 7.01. The molecule has 200 valence electrons. The van der Waals surface area contributed by atoms with Crippen LogP contribution in [0.3, 0.4) is 0 Å². The van der Waals surface area contributed by atoms with Gasteiger partial charge < -0.3 is 8.39 Å². The number of nitrogens with zero attached hydrogens (tertiary/aromatic N) is 1. The predicted molar refractivity (Wildman–Crippen MR) is 174 cm³/mol. The maximum atomic E-state index is 7.01. The number of rotatable bonds is 6. The Morgan fingerprint density at radius 1 is 0.585 bits per heavy atom. The SMILES string of the molecule is CC=CCN(C(c1ccccc1)c1ccccc1)p1oc2ccc3ccccc3c2c2c(ccc3ccccc32)o1. The Morgan fingerprint density at radius 3 is 1.54 bits per heavy atom. The second-order valence-electron chi connectivity index (χ2n) is 10.2. The van der Waals surface area contributed by atoms with E-state index in [-0.39, 0.29) is 6.04 Å². The molecule has 0 bridgehead atoms. The van der Waals surface area contributed by atoms with E-state index in [1.54, 1.807) is 0 Å². The number of hydrogen-bond acceptors (Lipinski definition) is 3. The smallest absolute Gasteiger partial charge is 0.310 e. The van der Waals surface area contributed by atoms with Crippen molar-refractivity contribution in [2.45, 2.75) is 13.0 Å². The summed E-state index contributed by atoms with van der Waals surface area (Å²) in [5, 5.41) is 6.84. The number of benzene rings is 6. The maximum Gasteiger partial charge on any atom is 0.310 e. The lowest BCUT2D eigenvalue weighted by atomic mass is 9.99. The van der Waals surface area contributed by atoms with E-state index in [1.807, 2.05) is 0 Å². The first-order valence-corrected chi connectivity index (χ1v) is 15.1. The van der Waals surface area contributed by atoms with E-state index in [0.29, 0.717) is 6.54 Å². The molecule has 1 aromatic heterocycles. The Bertz CT molecular complexity index is 1910. The molecular weight excluding hydrogens is 521 g/mol. The largest absolute Gasteiger partial charge is 0.408 e. The van der Waals surface area contributed by atoms with Crippen molar-refractivity contribution in [2.75, 3.05) is 11.2 Å². The van der Waals surface area contributed by atoms with Crippen LogP contribution in [0.1, 0.15) is 24.1 Å². The van der Waals surface area contributed by atoms with Crippen molar-refractivity contribution in [2.24, 2.45) is 0 Å². The van der Waals surface area contributed by atoms with Crippen LogP contribution < -0.4 is 4.67 Å². The van der Waals surface area contributed by atoms with Crippen LogP contribution in [0.4, 0.5) is 0 Å². The van der Waals surface area contributed by atoms with Gasteiger partial charge in [0.25, 0.3) is 0 Å². The molecule has 0 saturated carbocycles. The molecule has 41 heavy (non-hydrogen) atoms. The van der Waals surface area contributed by atoms with E-state index >= 15 is 0 Å². The Balaban J connectivity index is 1.60. The first-order chi connectivity index (χ1) is 20.3. The summed E-state index contributed by atoms with van der Waals surface area (Å²) in [4.78, 5) is 0. The van der Waals surface area contributed by atoms with Gasteiger partial charge in [-0.25, -0.2) is 0 Å². The minimum Gasteiger partial charge on any atom is -0.408 e. The Kier molecular flexibility index (Phi) is 6.90. The molecule has 3 nitrogen and oxygen atoms in total. The van der Waals surface area contributed by atoms with Crippen LogP contribution in [-0.4, -0.2) is 6.54 Å². The fraction of sp³-hybridized carbons (Fsp3) is 0.0811. The van der Waals surface area contributed by atoms with Gasteiger partial charge in [0.15, 0.2) is 0 Å². The number of allylic oxidation sites excluding steroid dienone is 1. The van der Waals surface area contributed by atoms with E-state index in [2.05, 4.69) is 157 Å². The minimum absolute atomic E-state index is 0.0642. The van der Waals surface area contributed by atoms with E-state index in [1.165, 1.54) is 21.9 Å². The lowest BCUT2D eigenvalue weighted by Crippen LogP contribution is -2.27. The lowest BCUT2D eigenvalue weighted by molar-refractivity contribution is 0.612. The number of hydrogen-bond donors (Lipinski definition) is 0. The summed E-state index contributed by atoms with van der Waals surface area (Å²) in [5.74, 6) is 0. The van der Waals surface area contributed by atoms with Gasteiger partial charge in [-0.05, 0) is 51.7 Å². The topological polar surface area (TPSA) is 29.5 Å². The van der Waals surface area contributed by atoms with Gasteiger partial charge in [0.1, 0.15) is 11.2 Å². The van der Waals surface area contributed by atoms with E-state index in [9.17, 15) is 0 Å². The van der Waals surface area contributed by atoms with Crippen molar-refractivity contribution < 1.29 is 8.39 Å². The molecule has 0 aliphatic rings. The van der Waals surface area contributed by atoms with Crippen molar-refractivity contribution in [1.29, 1.82) is 0 Å². The van der Waals surface area contributed by atoms with Gasteiger partial charge in [-0.15, -0.1) is 0 Å². The Hall–Kier alpha value is -4.56. The predicted octanol–water partition coefficient (Wildman–Crippen LogP) is 10.9. The highest BCUT2D eigenvalue weighted by molar-refractivity contribution is 7.39. The quantitative estimate of drug-likeness (QED) is 0.193. The zero-order valence-electron chi connectivity index (χ0n) is 22.9. The summed E-state index contributed by atoms with van der Waals surface area (Å²) in [5.41, 5.74) is 4.07. The molecular formula is C37H30NO2P. The fourth-order valence-electron chi connectivity index (χ4n) is 5.75. The van der Waals surface area contributed by atoms with Crippen molar-refractivity contribution in [3.05, 3.63) is 157 Å². The van der Waals surface area contributed by atoms with Gasteiger partial charge in [-0.1, -0.05) is 133 Å². The zero-order chi connectivity index (χ0) is 27.6. The standard InChI is InChI=1S/C37H30NO2P/c1-2-3-26-38(37(29-16-6-4-7-17-29)30-18-8-5-9-19-30)41-39-33-24-22-27-14-10-12-20-31(27)35(33)36-32-21-13-11-15-28(32)23-25-34(36)40-41/h2-25,37H,26H2,1H3. The second kappa shape index (κ2) is 11.1. The highest BCUT2D eigenvalue weighted by atomic mass is 31.1. The molecule has 0 aliphatic carbocycles. The lowest BCUT2D eigenvalue weighted by Gasteiger charge is -2.28. The van der Waals surface area contributed by atoms with Crippen LogP contribution in [0, 0.1) is 0 Å². The zero-order valence-corrected chi connectivity index (χ0v) is 23.7. The molecule has 1 heterocycles.